The predicted molar refractivity (Wildman–Crippen MR) is 70.4 cm³/mol. The number of aryl methyl sites for hydroxylation is 2. The van der Waals surface area contributed by atoms with Gasteiger partial charge >= 0.3 is 0 Å². The summed E-state index contributed by atoms with van der Waals surface area (Å²) in [7, 11) is 0. The quantitative estimate of drug-likeness (QED) is 0.828. The lowest BCUT2D eigenvalue weighted by molar-refractivity contribution is -0.117. The van der Waals surface area contributed by atoms with Crippen molar-refractivity contribution < 1.29 is 4.79 Å². The van der Waals surface area contributed by atoms with E-state index < -0.39 is 0 Å². The molecule has 0 atom stereocenters. The van der Waals surface area contributed by atoms with Crippen LogP contribution in [-0.2, 0) is 17.6 Å². The minimum atomic E-state index is 0.249. The van der Waals surface area contributed by atoms with Gasteiger partial charge in [-0.3, -0.25) is 9.78 Å². The topological polar surface area (TPSA) is 30.0 Å². The van der Waals surface area contributed by atoms with Crippen LogP contribution in [0.1, 0.15) is 21.6 Å². The van der Waals surface area contributed by atoms with E-state index in [4.69, 9.17) is 0 Å². The Labute approximate surface area is 105 Å². The van der Waals surface area contributed by atoms with E-state index in [2.05, 4.69) is 37.0 Å². The van der Waals surface area contributed by atoms with Gasteiger partial charge in [0.05, 0.1) is 5.51 Å². The van der Waals surface area contributed by atoms with Gasteiger partial charge in [0, 0.05) is 23.9 Å². The number of thiazole rings is 1. The van der Waals surface area contributed by atoms with Gasteiger partial charge in [-0.05, 0) is 19.4 Å². The van der Waals surface area contributed by atoms with Crippen LogP contribution in [0.4, 0.5) is 0 Å². The molecule has 0 N–H and O–H groups in total. The molecule has 0 spiro atoms. The average molecular weight is 245 g/mol. The summed E-state index contributed by atoms with van der Waals surface area (Å²) in [5.41, 5.74) is 5.30. The van der Waals surface area contributed by atoms with Crippen LogP contribution in [0.15, 0.2) is 29.9 Å². The highest BCUT2D eigenvalue weighted by atomic mass is 32.1. The molecule has 0 saturated carbocycles. The first kappa shape index (κ1) is 12.0. The molecule has 0 saturated heterocycles. The van der Waals surface area contributed by atoms with E-state index in [1.807, 2.05) is 0 Å². The molecule has 1 aromatic carbocycles. The van der Waals surface area contributed by atoms with Crippen LogP contribution in [-0.4, -0.2) is 10.8 Å². The molecule has 0 bridgehead atoms. The lowest BCUT2D eigenvalue weighted by atomic mass is 10.0. The number of hydrogen-bond acceptors (Lipinski definition) is 3. The second kappa shape index (κ2) is 5.23. The number of carbonyl (C=O) groups is 1. The molecule has 88 valence electrons. The summed E-state index contributed by atoms with van der Waals surface area (Å²) < 4.78 is 0. The first-order valence-corrected chi connectivity index (χ1v) is 6.47. The number of rotatable bonds is 4. The Kier molecular flexibility index (Phi) is 3.69. The number of nitrogens with zero attached hydrogens (tertiary/aromatic N) is 1. The second-order valence-electron chi connectivity index (χ2n) is 4.36. The Morgan fingerprint density at radius 2 is 1.88 bits per heavy atom. The minimum absolute atomic E-state index is 0.249. The van der Waals surface area contributed by atoms with Crippen molar-refractivity contribution in [3.63, 3.8) is 0 Å². The Morgan fingerprint density at radius 3 is 2.47 bits per heavy atom. The monoisotopic (exact) mass is 245 g/mol. The van der Waals surface area contributed by atoms with Crippen LogP contribution in [0.3, 0.4) is 0 Å². The molecule has 0 aliphatic carbocycles. The van der Waals surface area contributed by atoms with Crippen molar-refractivity contribution in [2.45, 2.75) is 26.7 Å². The molecule has 2 nitrogen and oxygen atoms in total. The summed E-state index contributed by atoms with van der Waals surface area (Å²) in [6, 6.07) is 6.28. The number of carbonyl (C=O) groups excluding carboxylic acids is 1. The molecular weight excluding hydrogens is 230 g/mol. The highest BCUT2D eigenvalue weighted by Gasteiger charge is 2.07. The third kappa shape index (κ3) is 3.49. The first-order chi connectivity index (χ1) is 8.13. The normalized spacial score (nSPS) is 10.5. The molecule has 0 aliphatic heterocycles. The number of Topliss-reactive ketones (excluding diaryl/α,β-unsaturated/α-hetero) is 1. The zero-order valence-electron chi connectivity index (χ0n) is 10.1. The first-order valence-electron chi connectivity index (χ1n) is 5.60. The summed E-state index contributed by atoms with van der Waals surface area (Å²) in [6.45, 7) is 4.12. The third-order valence-corrected chi connectivity index (χ3v) is 3.32. The SMILES string of the molecule is Cc1cc(C)cc(CC(=O)Cc2cncs2)c1. The van der Waals surface area contributed by atoms with Gasteiger partial charge < -0.3 is 0 Å². The van der Waals surface area contributed by atoms with Gasteiger partial charge in [0.25, 0.3) is 0 Å². The minimum Gasteiger partial charge on any atom is -0.299 e. The van der Waals surface area contributed by atoms with E-state index >= 15 is 0 Å². The number of ketones is 1. The standard InChI is InChI=1S/C14H15NOS/c1-10-3-11(2)5-12(4-10)6-13(16)7-14-8-15-9-17-14/h3-5,8-9H,6-7H2,1-2H3. The molecule has 1 aromatic heterocycles. The van der Waals surface area contributed by atoms with Crippen molar-refractivity contribution in [3.8, 4) is 0 Å². The van der Waals surface area contributed by atoms with Crippen molar-refractivity contribution in [3.05, 3.63) is 51.5 Å². The van der Waals surface area contributed by atoms with E-state index in [1.54, 1.807) is 11.7 Å². The van der Waals surface area contributed by atoms with E-state index in [1.165, 1.54) is 22.5 Å². The van der Waals surface area contributed by atoms with Gasteiger partial charge in [-0.1, -0.05) is 29.3 Å². The van der Waals surface area contributed by atoms with Gasteiger partial charge in [0.15, 0.2) is 0 Å². The maximum Gasteiger partial charge on any atom is 0.142 e. The van der Waals surface area contributed by atoms with E-state index in [9.17, 15) is 4.79 Å². The summed E-state index contributed by atoms with van der Waals surface area (Å²) in [4.78, 5) is 16.9. The Morgan fingerprint density at radius 1 is 1.18 bits per heavy atom. The Balaban J connectivity index is 2.03. The molecule has 0 amide bonds. The highest BCUT2D eigenvalue weighted by molar-refractivity contribution is 7.09. The van der Waals surface area contributed by atoms with Crippen molar-refractivity contribution in [1.82, 2.24) is 4.98 Å². The van der Waals surface area contributed by atoms with Gasteiger partial charge in [-0.25, -0.2) is 0 Å². The van der Waals surface area contributed by atoms with Crippen molar-refractivity contribution >= 4 is 17.1 Å². The second-order valence-corrected chi connectivity index (χ2v) is 5.33. The molecule has 2 rings (SSSR count). The largest absolute Gasteiger partial charge is 0.299 e. The lowest BCUT2D eigenvalue weighted by Crippen LogP contribution is -2.05. The molecule has 17 heavy (non-hydrogen) atoms. The smallest absolute Gasteiger partial charge is 0.142 e. The van der Waals surface area contributed by atoms with Crippen LogP contribution < -0.4 is 0 Å². The van der Waals surface area contributed by atoms with E-state index in [-0.39, 0.29) is 5.78 Å². The summed E-state index contributed by atoms with van der Waals surface area (Å²) in [5, 5.41) is 0. The number of benzene rings is 1. The van der Waals surface area contributed by atoms with Crippen LogP contribution in [0, 0.1) is 13.8 Å². The predicted octanol–water partition coefficient (Wildman–Crippen LogP) is 3.11. The maximum atomic E-state index is 11.9. The number of aromatic nitrogens is 1. The summed E-state index contributed by atoms with van der Waals surface area (Å²) in [5.74, 6) is 0.249. The van der Waals surface area contributed by atoms with E-state index in [0.29, 0.717) is 12.8 Å². The fourth-order valence-corrected chi connectivity index (χ4v) is 2.61. The van der Waals surface area contributed by atoms with Crippen LogP contribution >= 0.6 is 11.3 Å². The Hall–Kier alpha value is -1.48. The van der Waals surface area contributed by atoms with Crippen LogP contribution in [0.5, 0.6) is 0 Å². The fraction of sp³-hybridized carbons (Fsp3) is 0.286. The molecule has 0 aliphatic rings. The maximum absolute atomic E-state index is 11.9. The van der Waals surface area contributed by atoms with Crippen molar-refractivity contribution in [2.75, 3.05) is 0 Å². The van der Waals surface area contributed by atoms with Gasteiger partial charge in [-0.15, -0.1) is 11.3 Å². The molecule has 3 heteroatoms. The molecule has 0 fully saturated rings. The average Bonchev–Trinajstić information content (AvgIpc) is 2.67. The van der Waals surface area contributed by atoms with Gasteiger partial charge in [0.2, 0.25) is 0 Å². The summed E-state index contributed by atoms with van der Waals surface area (Å²) >= 11 is 1.54. The lowest BCUT2D eigenvalue weighted by Gasteiger charge is -2.03. The van der Waals surface area contributed by atoms with Crippen molar-refractivity contribution in [1.29, 1.82) is 0 Å². The van der Waals surface area contributed by atoms with E-state index in [0.717, 1.165) is 10.4 Å². The third-order valence-electron chi connectivity index (χ3n) is 2.54. The zero-order chi connectivity index (χ0) is 12.3. The molecular formula is C14H15NOS. The fourth-order valence-electron chi connectivity index (χ4n) is 1.98. The number of hydrogen-bond donors (Lipinski definition) is 0. The van der Waals surface area contributed by atoms with Gasteiger partial charge in [-0.2, -0.15) is 0 Å². The summed E-state index contributed by atoms with van der Waals surface area (Å²) in [6.07, 6.45) is 2.78. The van der Waals surface area contributed by atoms with Crippen molar-refractivity contribution in [2.24, 2.45) is 0 Å². The molecule has 1 heterocycles. The molecule has 2 aromatic rings. The van der Waals surface area contributed by atoms with Crippen LogP contribution in [0.2, 0.25) is 0 Å². The highest BCUT2D eigenvalue weighted by Crippen LogP contribution is 2.12. The van der Waals surface area contributed by atoms with Crippen LogP contribution in [0.25, 0.3) is 0 Å². The van der Waals surface area contributed by atoms with Gasteiger partial charge in [0.1, 0.15) is 5.78 Å². The molecule has 0 unspecified atom stereocenters. The molecule has 0 radical (unpaired) electrons. The zero-order valence-corrected chi connectivity index (χ0v) is 10.9. The Bertz CT molecular complexity index is 497.